The Bertz CT molecular complexity index is 725. The van der Waals surface area contributed by atoms with Gasteiger partial charge in [0.15, 0.2) is 0 Å². The van der Waals surface area contributed by atoms with Gasteiger partial charge in [-0.2, -0.15) is 5.10 Å². The van der Waals surface area contributed by atoms with Gasteiger partial charge in [0.1, 0.15) is 17.9 Å². The van der Waals surface area contributed by atoms with E-state index < -0.39 is 4.92 Å². The van der Waals surface area contributed by atoms with Crippen molar-refractivity contribution < 1.29 is 9.72 Å². The molecule has 24 heavy (non-hydrogen) atoms. The van der Waals surface area contributed by atoms with Crippen molar-refractivity contribution in [3.8, 4) is 0 Å². The summed E-state index contributed by atoms with van der Waals surface area (Å²) in [5.74, 6) is -0.0890. The molecule has 0 saturated carbocycles. The summed E-state index contributed by atoms with van der Waals surface area (Å²) >= 11 is 0. The molecule has 0 unspecified atom stereocenters. The first-order chi connectivity index (χ1) is 11.4. The fraction of sp³-hybridized carbons (Fsp3) is 0.412. The van der Waals surface area contributed by atoms with Crippen LogP contribution in [0.3, 0.4) is 0 Å². The standard InChI is InChI=1S/C17H22N4O3/c1-4-19(11-10-15-8-6-5-7-9-15)16(22)12-20-14(3)17(21(23)24)13(2)18-20/h5-9H,4,10-12H2,1-3H3. The van der Waals surface area contributed by atoms with Crippen molar-refractivity contribution >= 4 is 11.6 Å². The molecule has 0 aliphatic carbocycles. The number of likely N-dealkylation sites (N-methyl/N-ethyl adjacent to an activating group) is 1. The van der Waals surface area contributed by atoms with Gasteiger partial charge >= 0.3 is 5.69 Å². The molecule has 0 aliphatic heterocycles. The highest BCUT2D eigenvalue weighted by molar-refractivity contribution is 5.76. The molecule has 128 valence electrons. The Morgan fingerprint density at radius 3 is 2.50 bits per heavy atom. The molecule has 1 heterocycles. The summed E-state index contributed by atoms with van der Waals surface area (Å²) in [6, 6.07) is 9.97. The lowest BCUT2D eigenvalue weighted by atomic mass is 10.1. The highest BCUT2D eigenvalue weighted by Crippen LogP contribution is 2.21. The number of amides is 1. The number of benzene rings is 1. The summed E-state index contributed by atoms with van der Waals surface area (Å²) < 4.78 is 1.42. The van der Waals surface area contributed by atoms with E-state index in [1.807, 2.05) is 37.3 Å². The third kappa shape index (κ3) is 3.98. The van der Waals surface area contributed by atoms with Crippen LogP contribution in [0.15, 0.2) is 30.3 Å². The Hall–Kier alpha value is -2.70. The molecular formula is C17H22N4O3. The van der Waals surface area contributed by atoms with E-state index in [2.05, 4.69) is 5.10 Å². The first-order valence-electron chi connectivity index (χ1n) is 7.94. The van der Waals surface area contributed by atoms with E-state index in [0.29, 0.717) is 24.5 Å². The zero-order valence-electron chi connectivity index (χ0n) is 14.2. The van der Waals surface area contributed by atoms with Crippen LogP contribution in [0.1, 0.15) is 23.9 Å². The van der Waals surface area contributed by atoms with Crippen molar-refractivity contribution in [1.82, 2.24) is 14.7 Å². The Kier molecular flexibility index (Phi) is 5.68. The molecule has 1 aromatic carbocycles. The largest absolute Gasteiger partial charge is 0.341 e. The van der Waals surface area contributed by atoms with Gasteiger partial charge in [-0.25, -0.2) is 0 Å². The SMILES string of the molecule is CCN(CCc1ccccc1)C(=O)Cn1nc(C)c([N+](=O)[O-])c1C. The zero-order valence-corrected chi connectivity index (χ0v) is 14.2. The van der Waals surface area contributed by atoms with Crippen LogP contribution in [0.5, 0.6) is 0 Å². The average molecular weight is 330 g/mol. The Labute approximate surface area is 141 Å². The molecule has 0 atom stereocenters. The molecule has 2 rings (SSSR count). The van der Waals surface area contributed by atoms with E-state index in [4.69, 9.17) is 0 Å². The quantitative estimate of drug-likeness (QED) is 0.577. The number of carbonyl (C=O) groups excluding carboxylic acids is 1. The number of hydrogen-bond donors (Lipinski definition) is 0. The monoisotopic (exact) mass is 330 g/mol. The topological polar surface area (TPSA) is 81.3 Å². The number of hydrogen-bond acceptors (Lipinski definition) is 4. The van der Waals surface area contributed by atoms with E-state index >= 15 is 0 Å². The van der Waals surface area contributed by atoms with Crippen LogP contribution in [0.25, 0.3) is 0 Å². The van der Waals surface area contributed by atoms with E-state index in [1.54, 1.807) is 18.7 Å². The molecule has 0 N–H and O–H groups in total. The number of nitrogens with zero attached hydrogens (tertiary/aromatic N) is 4. The van der Waals surface area contributed by atoms with Gasteiger partial charge in [0.2, 0.25) is 5.91 Å². The minimum absolute atomic E-state index is 0.0170. The minimum Gasteiger partial charge on any atom is -0.341 e. The second kappa shape index (κ2) is 7.72. The highest BCUT2D eigenvalue weighted by atomic mass is 16.6. The van der Waals surface area contributed by atoms with Gasteiger partial charge in [0.25, 0.3) is 0 Å². The lowest BCUT2D eigenvalue weighted by Gasteiger charge is -2.21. The molecule has 1 amide bonds. The van der Waals surface area contributed by atoms with Gasteiger partial charge in [-0.3, -0.25) is 19.6 Å². The number of aromatic nitrogens is 2. The smallest absolute Gasteiger partial charge is 0.312 e. The van der Waals surface area contributed by atoms with Crippen LogP contribution in [0.4, 0.5) is 5.69 Å². The number of nitro groups is 1. The fourth-order valence-electron chi connectivity index (χ4n) is 2.70. The molecule has 0 spiro atoms. The summed E-state index contributed by atoms with van der Waals surface area (Å²) in [7, 11) is 0. The van der Waals surface area contributed by atoms with Gasteiger partial charge in [0.05, 0.1) is 4.92 Å². The maximum Gasteiger partial charge on any atom is 0.312 e. The Morgan fingerprint density at radius 1 is 1.29 bits per heavy atom. The fourth-order valence-corrected chi connectivity index (χ4v) is 2.70. The third-order valence-electron chi connectivity index (χ3n) is 4.06. The molecule has 7 nitrogen and oxygen atoms in total. The van der Waals surface area contributed by atoms with Crippen LogP contribution in [-0.2, 0) is 17.8 Å². The molecular weight excluding hydrogens is 308 g/mol. The van der Waals surface area contributed by atoms with Crippen molar-refractivity contribution in [2.24, 2.45) is 0 Å². The summed E-state index contributed by atoms with van der Waals surface area (Å²) in [5.41, 5.74) is 1.89. The first-order valence-corrected chi connectivity index (χ1v) is 7.94. The summed E-state index contributed by atoms with van der Waals surface area (Å²) in [6.45, 7) is 6.34. The van der Waals surface area contributed by atoms with E-state index in [1.165, 1.54) is 10.2 Å². The Morgan fingerprint density at radius 2 is 1.96 bits per heavy atom. The molecule has 0 radical (unpaired) electrons. The van der Waals surface area contributed by atoms with E-state index in [-0.39, 0.29) is 18.1 Å². The zero-order chi connectivity index (χ0) is 17.7. The predicted octanol–water partition coefficient (Wildman–Crippen LogP) is 2.50. The van der Waals surface area contributed by atoms with Crippen LogP contribution in [0.2, 0.25) is 0 Å². The second-order valence-corrected chi connectivity index (χ2v) is 5.64. The van der Waals surface area contributed by atoms with E-state index in [0.717, 1.165) is 6.42 Å². The van der Waals surface area contributed by atoms with Crippen molar-refractivity contribution in [3.63, 3.8) is 0 Å². The van der Waals surface area contributed by atoms with Gasteiger partial charge < -0.3 is 4.90 Å². The van der Waals surface area contributed by atoms with Gasteiger partial charge in [-0.1, -0.05) is 30.3 Å². The van der Waals surface area contributed by atoms with E-state index in [9.17, 15) is 14.9 Å². The molecule has 0 bridgehead atoms. The van der Waals surface area contributed by atoms with Crippen molar-refractivity contribution in [1.29, 1.82) is 0 Å². The lowest BCUT2D eigenvalue weighted by molar-refractivity contribution is -0.386. The predicted molar refractivity (Wildman–Crippen MR) is 90.8 cm³/mol. The van der Waals surface area contributed by atoms with Crippen molar-refractivity contribution in [2.75, 3.05) is 13.1 Å². The normalized spacial score (nSPS) is 10.6. The third-order valence-corrected chi connectivity index (χ3v) is 4.06. The Balaban J connectivity index is 2.04. The van der Waals surface area contributed by atoms with Gasteiger partial charge in [0, 0.05) is 13.1 Å². The van der Waals surface area contributed by atoms with Crippen LogP contribution >= 0.6 is 0 Å². The summed E-state index contributed by atoms with van der Waals surface area (Å²) in [4.78, 5) is 24.8. The maximum atomic E-state index is 12.5. The highest BCUT2D eigenvalue weighted by Gasteiger charge is 2.23. The second-order valence-electron chi connectivity index (χ2n) is 5.64. The molecule has 7 heteroatoms. The minimum atomic E-state index is -0.453. The molecule has 2 aromatic rings. The molecule has 0 fully saturated rings. The summed E-state index contributed by atoms with van der Waals surface area (Å²) in [5, 5.41) is 15.2. The van der Waals surface area contributed by atoms with Crippen molar-refractivity contribution in [3.05, 3.63) is 57.4 Å². The van der Waals surface area contributed by atoms with Gasteiger partial charge in [-0.15, -0.1) is 0 Å². The maximum absolute atomic E-state index is 12.5. The number of rotatable bonds is 7. The molecule has 0 saturated heterocycles. The lowest BCUT2D eigenvalue weighted by Crippen LogP contribution is -2.35. The van der Waals surface area contributed by atoms with Gasteiger partial charge in [-0.05, 0) is 32.8 Å². The molecule has 0 aliphatic rings. The van der Waals surface area contributed by atoms with Crippen LogP contribution in [0, 0.1) is 24.0 Å². The number of aryl methyl sites for hydroxylation is 1. The molecule has 1 aromatic heterocycles. The average Bonchev–Trinajstić information content (AvgIpc) is 2.83. The van der Waals surface area contributed by atoms with Crippen LogP contribution in [-0.4, -0.2) is 38.6 Å². The van der Waals surface area contributed by atoms with Crippen molar-refractivity contribution in [2.45, 2.75) is 33.7 Å². The number of carbonyl (C=O) groups is 1. The van der Waals surface area contributed by atoms with Crippen LogP contribution < -0.4 is 0 Å². The first kappa shape index (κ1) is 17.7. The summed E-state index contributed by atoms with van der Waals surface area (Å²) in [6.07, 6.45) is 0.775.